The average Bonchev–Trinajstić information content (AvgIpc) is 3.09. The molecule has 0 spiro atoms. The summed E-state index contributed by atoms with van der Waals surface area (Å²) >= 11 is 13.4. The third-order valence-corrected chi connectivity index (χ3v) is 6.12. The van der Waals surface area contributed by atoms with Gasteiger partial charge in [-0.1, -0.05) is 52.7 Å². The number of carbonyl (C=O) groups is 1. The van der Waals surface area contributed by atoms with Gasteiger partial charge in [0.1, 0.15) is 0 Å². The molecule has 160 valence electrons. The number of aromatic nitrogens is 3. The zero-order valence-corrected chi connectivity index (χ0v) is 19.2. The molecular weight excluding hydrogens is 455 g/mol. The molecular formula is C21H20Cl2N6OS. The first-order chi connectivity index (χ1) is 14.8. The summed E-state index contributed by atoms with van der Waals surface area (Å²) in [6.07, 6.45) is 0.225. The number of benzene rings is 2. The fourth-order valence-electron chi connectivity index (χ4n) is 2.89. The van der Waals surface area contributed by atoms with Crippen LogP contribution in [-0.4, -0.2) is 32.6 Å². The zero-order valence-electron chi connectivity index (χ0n) is 16.9. The number of halogens is 2. The van der Waals surface area contributed by atoms with Crippen molar-refractivity contribution in [2.45, 2.75) is 30.7 Å². The van der Waals surface area contributed by atoms with E-state index in [0.717, 1.165) is 11.3 Å². The summed E-state index contributed by atoms with van der Waals surface area (Å²) in [4.78, 5) is 14.8. The van der Waals surface area contributed by atoms with Crippen LogP contribution in [0.3, 0.4) is 0 Å². The molecule has 2 N–H and O–H groups in total. The largest absolute Gasteiger partial charge is 0.335 e. The van der Waals surface area contributed by atoms with Crippen LogP contribution in [0.4, 0.5) is 5.69 Å². The topological polar surface area (TPSA) is 101 Å². The second-order valence-corrected chi connectivity index (χ2v) is 8.95. The first-order valence-corrected chi connectivity index (χ1v) is 11.0. The molecule has 10 heteroatoms. The van der Waals surface area contributed by atoms with E-state index < -0.39 is 5.25 Å². The first-order valence-electron chi connectivity index (χ1n) is 9.39. The number of nitrogens with zero attached hydrogens (tertiary/aromatic N) is 5. The smallest absolute Gasteiger partial charge is 0.240 e. The maximum absolute atomic E-state index is 13.2. The van der Waals surface area contributed by atoms with Gasteiger partial charge in [-0.25, -0.2) is 4.68 Å². The predicted octanol–water partition coefficient (Wildman–Crippen LogP) is 4.70. The normalized spacial score (nSPS) is 11.7. The number of aryl methyl sites for hydroxylation is 1. The van der Waals surface area contributed by atoms with Gasteiger partial charge in [-0.2, -0.15) is 5.26 Å². The van der Waals surface area contributed by atoms with Crippen LogP contribution in [0.15, 0.2) is 47.6 Å². The van der Waals surface area contributed by atoms with Gasteiger partial charge in [0.25, 0.3) is 0 Å². The highest BCUT2D eigenvalue weighted by atomic mass is 35.5. The summed E-state index contributed by atoms with van der Waals surface area (Å²) in [6.45, 7) is 4.04. The number of anilines is 1. The molecule has 3 aromatic rings. The highest BCUT2D eigenvalue weighted by molar-refractivity contribution is 8.00. The van der Waals surface area contributed by atoms with Gasteiger partial charge in [0.05, 0.1) is 22.8 Å². The molecule has 7 nitrogen and oxygen atoms in total. The Balaban J connectivity index is 1.81. The monoisotopic (exact) mass is 474 g/mol. The van der Waals surface area contributed by atoms with Gasteiger partial charge >= 0.3 is 0 Å². The highest BCUT2D eigenvalue weighted by Crippen LogP contribution is 2.31. The molecule has 0 saturated carbocycles. The first kappa shape index (κ1) is 22.9. The molecule has 0 aliphatic rings. The van der Waals surface area contributed by atoms with Crippen molar-refractivity contribution < 1.29 is 4.79 Å². The van der Waals surface area contributed by atoms with Crippen molar-refractivity contribution in [3.8, 4) is 17.5 Å². The van der Waals surface area contributed by atoms with Crippen LogP contribution >= 0.6 is 35.0 Å². The van der Waals surface area contributed by atoms with Crippen molar-refractivity contribution in [1.82, 2.24) is 14.9 Å². The quantitative estimate of drug-likeness (QED) is 0.393. The molecule has 0 aliphatic heterocycles. The Morgan fingerprint density at radius 1 is 1.26 bits per heavy atom. The lowest BCUT2D eigenvalue weighted by molar-refractivity contribution is -0.117. The molecule has 1 unspecified atom stereocenters. The lowest BCUT2D eigenvalue weighted by Crippen LogP contribution is -2.37. The van der Waals surface area contributed by atoms with Crippen LogP contribution in [0.2, 0.25) is 10.0 Å². The van der Waals surface area contributed by atoms with E-state index in [4.69, 9.17) is 34.3 Å². The molecule has 0 aliphatic carbocycles. The van der Waals surface area contributed by atoms with Crippen molar-refractivity contribution >= 4 is 46.6 Å². The maximum Gasteiger partial charge on any atom is 0.240 e. The summed E-state index contributed by atoms with van der Waals surface area (Å²) in [7, 11) is 0. The minimum atomic E-state index is -0.514. The van der Waals surface area contributed by atoms with Gasteiger partial charge in [0.15, 0.2) is 5.82 Å². The number of thioether (sulfide) groups is 1. The van der Waals surface area contributed by atoms with E-state index in [9.17, 15) is 4.79 Å². The van der Waals surface area contributed by atoms with Crippen molar-refractivity contribution in [2.75, 3.05) is 17.3 Å². The fraction of sp³-hybridized carbons (Fsp3) is 0.238. The molecule has 0 fully saturated rings. The van der Waals surface area contributed by atoms with Crippen LogP contribution in [0.25, 0.3) is 11.4 Å². The van der Waals surface area contributed by atoms with Gasteiger partial charge in [-0.15, -0.1) is 10.2 Å². The fourth-order valence-corrected chi connectivity index (χ4v) is 4.22. The van der Waals surface area contributed by atoms with Crippen LogP contribution in [0, 0.1) is 18.3 Å². The van der Waals surface area contributed by atoms with E-state index >= 15 is 0 Å². The second-order valence-electron chi connectivity index (χ2n) is 6.79. The van der Waals surface area contributed by atoms with Gasteiger partial charge in [-0.05, 0) is 44.2 Å². The van der Waals surface area contributed by atoms with Crippen molar-refractivity contribution in [2.24, 2.45) is 0 Å². The van der Waals surface area contributed by atoms with E-state index in [2.05, 4.69) is 16.3 Å². The SMILES string of the molecule is Cc1ccc(N(CCC#N)C(=O)C(C)Sc2nnc(-c3ccc(Cl)cc3Cl)n2N)cc1. The van der Waals surface area contributed by atoms with Gasteiger partial charge in [0, 0.05) is 22.8 Å². The number of nitriles is 1. The second kappa shape index (κ2) is 10.1. The van der Waals surface area contributed by atoms with Crippen LogP contribution < -0.4 is 10.7 Å². The van der Waals surface area contributed by atoms with Gasteiger partial charge < -0.3 is 10.7 Å². The Bertz CT molecular complexity index is 1130. The lowest BCUT2D eigenvalue weighted by atomic mass is 10.2. The Kier molecular flexibility index (Phi) is 7.44. The summed E-state index contributed by atoms with van der Waals surface area (Å²) in [5, 5.41) is 18.0. The number of nitrogens with two attached hydrogens (primary N) is 1. The third-order valence-electron chi connectivity index (χ3n) is 4.53. The summed E-state index contributed by atoms with van der Waals surface area (Å²) < 4.78 is 1.30. The van der Waals surface area contributed by atoms with E-state index in [0.29, 0.717) is 33.1 Å². The minimum Gasteiger partial charge on any atom is -0.335 e. The van der Waals surface area contributed by atoms with Crippen LogP contribution in [0.5, 0.6) is 0 Å². The lowest BCUT2D eigenvalue weighted by Gasteiger charge is -2.25. The van der Waals surface area contributed by atoms with E-state index in [1.165, 1.54) is 16.4 Å². The molecule has 1 atom stereocenters. The molecule has 1 heterocycles. The average molecular weight is 475 g/mol. The summed E-state index contributed by atoms with van der Waals surface area (Å²) in [5.41, 5.74) is 2.41. The predicted molar refractivity (Wildman–Crippen MR) is 125 cm³/mol. The van der Waals surface area contributed by atoms with Gasteiger partial charge in [0.2, 0.25) is 11.1 Å². The number of hydrogen-bond donors (Lipinski definition) is 1. The van der Waals surface area contributed by atoms with E-state index in [1.807, 2.05) is 31.2 Å². The van der Waals surface area contributed by atoms with Gasteiger partial charge in [-0.3, -0.25) is 4.79 Å². The molecule has 3 rings (SSSR count). The van der Waals surface area contributed by atoms with Crippen molar-refractivity contribution in [1.29, 1.82) is 5.26 Å². The van der Waals surface area contributed by atoms with Crippen LogP contribution in [-0.2, 0) is 4.79 Å². The Morgan fingerprint density at radius 2 is 1.97 bits per heavy atom. The summed E-state index contributed by atoms with van der Waals surface area (Å²) in [5.74, 6) is 6.40. The van der Waals surface area contributed by atoms with Crippen LogP contribution in [0.1, 0.15) is 18.9 Å². The standard InChI is InChI=1S/C21H20Cl2N6OS/c1-13-4-7-16(8-5-13)28(11-3-10-24)20(30)14(2)31-21-27-26-19(29(21)25)17-9-6-15(22)12-18(17)23/h4-9,12,14H,3,11,25H2,1-2H3. The summed E-state index contributed by atoms with van der Waals surface area (Å²) in [6, 6.07) is 14.7. The Labute approximate surface area is 194 Å². The Morgan fingerprint density at radius 3 is 2.61 bits per heavy atom. The number of amides is 1. The third kappa shape index (κ3) is 5.31. The minimum absolute atomic E-state index is 0.154. The molecule has 0 bridgehead atoms. The molecule has 2 aromatic carbocycles. The van der Waals surface area contributed by atoms with Crippen molar-refractivity contribution in [3.05, 3.63) is 58.1 Å². The van der Waals surface area contributed by atoms with E-state index in [1.54, 1.807) is 30.0 Å². The molecule has 31 heavy (non-hydrogen) atoms. The molecule has 1 aromatic heterocycles. The van der Waals surface area contributed by atoms with Crippen molar-refractivity contribution in [3.63, 3.8) is 0 Å². The number of carbonyl (C=O) groups excluding carboxylic acids is 1. The highest BCUT2D eigenvalue weighted by Gasteiger charge is 2.25. The Hall–Kier alpha value is -2.73. The zero-order chi connectivity index (χ0) is 22.5. The number of rotatable bonds is 7. The molecule has 1 amide bonds. The van der Waals surface area contributed by atoms with E-state index in [-0.39, 0.29) is 12.3 Å². The maximum atomic E-state index is 13.2. The number of nitrogen functional groups attached to an aromatic ring is 1. The number of hydrogen-bond acceptors (Lipinski definition) is 6. The molecule has 0 radical (unpaired) electrons. The molecule has 0 saturated heterocycles.